The molecular formula is C21H22O5. The Morgan fingerprint density at radius 2 is 1.81 bits per heavy atom. The third-order valence-corrected chi connectivity index (χ3v) is 3.43. The lowest BCUT2D eigenvalue weighted by Gasteiger charge is -2.15. The van der Waals surface area contributed by atoms with Gasteiger partial charge in [-0.3, -0.25) is 4.79 Å². The quantitative estimate of drug-likeness (QED) is 0.439. The molecule has 0 spiro atoms. The predicted octanol–water partition coefficient (Wildman–Crippen LogP) is 4.11. The van der Waals surface area contributed by atoms with Gasteiger partial charge in [0.05, 0.1) is 6.10 Å². The Labute approximate surface area is 152 Å². The molecule has 2 rings (SSSR count). The number of hydrogen-bond donors (Lipinski definition) is 1. The van der Waals surface area contributed by atoms with Crippen LogP contribution in [0.4, 0.5) is 0 Å². The molecule has 2 aromatic rings. The van der Waals surface area contributed by atoms with E-state index in [2.05, 4.69) is 0 Å². The first-order chi connectivity index (χ1) is 12.4. The highest BCUT2D eigenvalue weighted by molar-refractivity contribution is 5.85. The van der Waals surface area contributed by atoms with Crippen molar-refractivity contribution in [3.05, 3.63) is 65.7 Å². The molecule has 0 aliphatic rings. The molecule has 0 fully saturated rings. The second-order valence-electron chi connectivity index (χ2n) is 6.00. The van der Waals surface area contributed by atoms with E-state index in [1.807, 2.05) is 44.2 Å². The fraction of sp³-hybridized carbons (Fsp3) is 0.238. The summed E-state index contributed by atoms with van der Waals surface area (Å²) in [6.07, 6.45) is 3.23. The van der Waals surface area contributed by atoms with Crippen molar-refractivity contribution in [1.29, 1.82) is 0 Å². The maximum atomic E-state index is 12.2. The van der Waals surface area contributed by atoms with Crippen molar-refractivity contribution in [1.82, 2.24) is 0 Å². The van der Waals surface area contributed by atoms with Crippen molar-refractivity contribution < 1.29 is 24.2 Å². The summed E-state index contributed by atoms with van der Waals surface area (Å²) in [6.45, 7) is 3.72. The van der Waals surface area contributed by atoms with E-state index in [1.54, 1.807) is 18.2 Å². The number of aryl methyl sites for hydroxylation is 1. The van der Waals surface area contributed by atoms with Crippen LogP contribution in [0, 0.1) is 0 Å². The van der Waals surface area contributed by atoms with Crippen LogP contribution >= 0.6 is 0 Å². The SMILES string of the molecule is CC(C)Oc1cc(/C=C/C(=O)O)ccc1OC(=O)CCc1ccccc1. The molecule has 0 bridgehead atoms. The minimum absolute atomic E-state index is 0.115. The third kappa shape index (κ3) is 6.43. The lowest BCUT2D eigenvalue weighted by atomic mass is 10.1. The highest BCUT2D eigenvalue weighted by Crippen LogP contribution is 2.30. The smallest absolute Gasteiger partial charge is 0.328 e. The summed E-state index contributed by atoms with van der Waals surface area (Å²) >= 11 is 0. The molecule has 0 saturated heterocycles. The van der Waals surface area contributed by atoms with Crippen molar-refractivity contribution in [3.8, 4) is 11.5 Å². The number of carbonyl (C=O) groups excluding carboxylic acids is 1. The number of aliphatic carboxylic acids is 1. The van der Waals surface area contributed by atoms with Gasteiger partial charge in [-0.25, -0.2) is 4.79 Å². The number of benzene rings is 2. The van der Waals surface area contributed by atoms with E-state index in [1.165, 1.54) is 6.08 Å². The number of ether oxygens (including phenoxy) is 2. The average Bonchev–Trinajstić information content (AvgIpc) is 2.60. The van der Waals surface area contributed by atoms with Crippen LogP contribution in [0.1, 0.15) is 31.4 Å². The molecule has 0 aliphatic carbocycles. The van der Waals surface area contributed by atoms with Gasteiger partial charge >= 0.3 is 11.9 Å². The summed E-state index contributed by atoms with van der Waals surface area (Å²) in [6, 6.07) is 14.6. The summed E-state index contributed by atoms with van der Waals surface area (Å²) in [4.78, 5) is 22.8. The molecule has 0 aliphatic heterocycles. The first-order valence-corrected chi connectivity index (χ1v) is 8.40. The van der Waals surface area contributed by atoms with Crippen molar-refractivity contribution in [2.24, 2.45) is 0 Å². The number of rotatable bonds is 8. The molecule has 0 heterocycles. The van der Waals surface area contributed by atoms with Crippen molar-refractivity contribution in [2.75, 3.05) is 0 Å². The normalized spacial score (nSPS) is 10.9. The molecule has 0 atom stereocenters. The lowest BCUT2D eigenvalue weighted by molar-refractivity contribution is -0.134. The molecule has 2 aromatic carbocycles. The minimum Gasteiger partial charge on any atom is -0.487 e. The van der Waals surface area contributed by atoms with Crippen molar-refractivity contribution in [3.63, 3.8) is 0 Å². The summed E-state index contributed by atoms with van der Waals surface area (Å²) in [5.74, 6) is -0.658. The van der Waals surface area contributed by atoms with E-state index in [0.717, 1.165) is 11.6 Å². The standard InChI is InChI=1S/C21H22O5/c1-15(2)25-19-14-17(9-12-20(22)23)8-11-18(19)26-21(24)13-10-16-6-4-3-5-7-16/h3-9,11-12,14-15H,10,13H2,1-2H3,(H,22,23)/b12-9+. The van der Waals surface area contributed by atoms with Gasteiger partial charge in [-0.05, 0) is 49.6 Å². The van der Waals surface area contributed by atoms with Crippen molar-refractivity contribution >= 4 is 18.0 Å². The van der Waals surface area contributed by atoms with Crippen LogP contribution in [0.25, 0.3) is 6.08 Å². The molecule has 26 heavy (non-hydrogen) atoms. The van der Waals surface area contributed by atoms with E-state index in [-0.39, 0.29) is 18.5 Å². The Kier molecular flexibility index (Phi) is 6.97. The first kappa shape index (κ1) is 19.2. The summed E-state index contributed by atoms with van der Waals surface area (Å²) in [7, 11) is 0. The summed E-state index contributed by atoms with van der Waals surface area (Å²) in [5, 5.41) is 8.73. The Bertz CT molecular complexity index is 778. The number of carboxylic acids is 1. The highest BCUT2D eigenvalue weighted by Gasteiger charge is 2.12. The molecule has 5 nitrogen and oxygen atoms in total. The fourth-order valence-corrected chi connectivity index (χ4v) is 2.29. The van der Waals surface area contributed by atoms with Crippen LogP contribution in [0.2, 0.25) is 0 Å². The van der Waals surface area contributed by atoms with Crippen LogP contribution < -0.4 is 9.47 Å². The van der Waals surface area contributed by atoms with Crippen LogP contribution in [0.15, 0.2) is 54.6 Å². The van der Waals surface area contributed by atoms with Gasteiger partial charge in [0.25, 0.3) is 0 Å². The second kappa shape index (κ2) is 9.42. The molecular weight excluding hydrogens is 332 g/mol. The van der Waals surface area contributed by atoms with Gasteiger partial charge in [0.15, 0.2) is 11.5 Å². The molecule has 0 saturated carbocycles. The molecule has 136 valence electrons. The van der Waals surface area contributed by atoms with Gasteiger partial charge in [0.2, 0.25) is 0 Å². The van der Waals surface area contributed by atoms with Crippen LogP contribution in [0.5, 0.6) is 11.5 Å². The predicted molar refractivity (Wildman–Crippen MR) is 99.3 cm³/mol. The zero-order chi connectivity index (χ0) is 18.9. The van der Waals surface area contributed by atoms with Gasteiger partial charge in [-0.1, -0.05) is 36.4 Å². The van der Waals surface area contributed by atoms with E-state index < -0.39 is 5.97 Å². The number of hydrogen-bond acceptors (Lipinski definition) is 4. The molecule has 0 amide bonds. The molecule has 0 unspecified atom stereocenters. The Balaban J connectivity index is 2.08. The van der Waals surface area contributed by atoms with E-state index in [0.29, 0.717) is 23.5 Å². The monoisotopic (exact) mass is 354 g/mol. The fourth-order valence-electron chi connectivity index (χ4n) is 2.29. The van der Waals surface area contributed by atoms with E-state index in [4.69, 9.17) is 14.6 Å². The van der Waals surface area contributed by atoms with Gasteiger partial charge < -0.3 is 14.6 Å². The molecule has 0 aromatic heterocycles. The minimum atomic E-state index is -1.03. The number of carboxylic acid groups (broad SMARTS) is 1. The van der Waals surface area contributed by atoms with E-state index in [9.17, 15) is 9.59 Å². The molecule has 1 N–H and O–H groups in total. The zero-order valence-electron chi connectivity index (χ0n) is 14.8. The lowest BCUT2D eigenvalue weighted by Crippen LogP contribution is -2.12. The van der Waals surface area contributed by atoms with Gasteiger partial charge in [-0.2, -0.15) is 0 Å². The van der Waals surface area contributed by atoms with Crippen LogP contribution in [-0.4, -0.2) is 23.1 Å². The Morgan fingerprint density at radius 1 is 1.08 bits per heavy atom. The largest absolute Gasteiger partial charge is 0.487 e. The first-order valence-electron chi connectivity index (χ1n) is 8.40. The molecule has 5 heteroatoms. The average molecular weight is 354 g/mol. The Hall–Kier alpha value is -3.08. The van der Waals surface area contributed by atoms with Gasteiger partial charge in [-0.15, -0.1) is 0 Å². The summed E-state index contributed by atoms with van der Waals surface area (Å²) < 4.78 is 11.1. The number of carbonyl (C=O) groups is 2. The maximum Gasteiger partial charge on any atom is 0.328 e. The second-order valence-corrected chi connectivity index (χ2v) is 6.00. The van der Waals surface area contributed by atoms with Crippen LogP contribution in [0.3, 0.4) is 0 Å². The van der Waals surface area contributed by atoms with Gasteiger partial charge in [0.1, 0.15) is 0 Å². The topological polar surface area (TPSA) is 72.8 Å². The maximum absolute atomic E-state index is 12.2. The summed E-state index contributed by atoms with van der Waals surface area (Å²) in [5.41, 5.74) is 1.71. The van der Waals surface area contributed by atoms with E-state index >= 15 is 0 Å². The zero-order valence-corrected chi connectivity index (χ0v) is 14.8. The number of esters is 1. The van der Waals surface area contributed by atoms with Gasteiger partial charge in [0, 0.05) is 12.5 Å². The third-order valence-electron chi connectivity index (χ3n) is 3.43. The molecule has 0 radical (unpaired) electrons. The Morgan fingerprint density at radius 3 is 2.46 bits per heavy atom. The highest BCUT2D eigenvalue weighted by atomic mass is 16.6. The van der Waals surface area contributed by atoms with Crippen molar-refractivity contribution in [2.45, 2.75) is 32.8 Å². The van der Waals surface area contributed by atoms with Crippen LogP contribution in [-0.2, 0) is 16.0 Å².